The molecule has 0 aliphatic heterocycles. The van der Waals surface area contributed by atoms with Gasteiger partial charge in [0.05, 0.1) is 0 Å². The van der Waals surface area contributed by atoms with Crippen molar-refractivity contribution < 1.29 is 4.39 Å². The molecule has 1 aromatic rings. The molecular weight excluding hydrogens is 287 g/mol. The van der Waals surface area contributed by atoms with E-state index in [9.17, 15) is 4.39 Å². The molecule has 1 saturated carbocycles. The van der Waals surface area contributed by atoms with Crippen LogP contribution >= 0.6 is 11.6 Å². The Kier molecular flexibility index (Phi) is 5.64. The molecule has 0 radical (unpaired) electrons. The molecule has 2 nitrogen and oxygen atoms in total. The predicted molar refractivity (Wildman–Crippen MR) is 87.2 cm³/mol. The molecule has 4 heteroatoms. The highest BCUT2D eigenvalue weighted by atomic mass is 35.5. The lowest BCUT2D eigenvalue weighted by atomic mass is 9.83. The fourth-order valence-electron chi connectivity index (χ4n) is 3.90. The topological polar surface area (TPSA) is 29.3 Å². The van der Waals surface area contributed by atoms with Crippen LogP contribution in [0.3, 0.4) is 0 Å². The van der Waals surface area contributed by atoms with E-state index in [1.807, 2.05) is 0 Å². The van der Waals surface area contributed by atoms with Gasteiger partial charge < -0.3 is 5.73 Å². The summed E-state index contributed by atoms with van der Waals surface area (Å²) in [6.07, 6.45) is 5.11. The van der Waals surface area contributed by atoms with Gasteiger partial charge >= 0.3 is 0 Å². The Labute approximate surface area is 132 Å². The van der Waals surface area contributed by atoms with Crippen LogP contribution in [0.4, 0.5) is 4.39 Å². The summed E-state index contributed by atoms with van der Waals surface area (Å²) in [5.74, 6) is -0.245. The van der Waals surface area contributed by atoms with E-state index >= 15 is 0 Å². The predicted octanol–water partition coefficient (Wildman–Crippen LogP) is 4.00. The third-order valence-electron chi connectivity index (χ3n) is 5.04. The van der Waals surface area contributed by atoms with Gasteiger partial charge in [0, 0.05) is 22.2 Å². The minimum Gasteiger partial charge on any atom is -0.326 e. The maximum absolute atomic E-state index is 14.0. The maximum Gasteiger partial charge on any atom is 0.127 e. The van der Waals surface area contributed by atoms with Crippen molar-refractivity contribution in [3.63, 3.8) is 0 Å². The van der Waals surface area contributed by atoms with E-state index in [-0.39, 0.29) is 17.4 Å². The van der Waals surface area contributed by atoms with Gasteiger partial charge in [0.2, 0.25) is 0 Å². The lowest BCUT2D eigenvalue weighted by Gasteiger charge is -2.45. The van der Waals surface area contributed by atoms with Crippen molar-refractivity contribution in [2.24, 2.45) is 5.73 Å². The maximum atomic E-state index is 14.0. The molecule has 1 aromatic carbocycles. The second-order valence-corrected chi connectivity index (χ2v) is 6.40. The number of hydrogen-bond donors (Lipinski definition) is 1. The third kappa shape index (κ3) is 3.25. The number of benzene rings is 1. The minimum absolute atomic E-state index is 0.00485. The van der Waals surface area contributed by atoms with E-state index in [0.717, 1.165) is 25.9 Å². The van der Waals surface area contributed by atoms with Crippen molar-refractivity contribution in [3.8, 4) is 0 Å². The summed E-state index contributed by atoms with van der Waals surface area (Å²) in [5.41, 5.74) is 7.12. The molecule has 0 spiro atoms. The number of nitrogens with zero attached hydrogens (tertiary/aromatic N) is 1. The van der Waals surface area contributed by atoms with E-state index in [1.54, 1.807) is 12.1 Å². The monoisotopic (exact) mass is 312 g/mol. The Bertz CT molecular complexity index is 448. The molecular formula is C17H26ClFN2. The van der Waals surface area contributed by atoms with Crippen LogP contribution < -0.4 is 5.73 Å². The molecule has 0 heterocycles. The standard InChI is InChI=1S/C17H26ClFN2/c1-3-21(4-2)17(10-5-6-11-17)16(20)12-13-14(18)8-7-9-15(13)19/h7-9,16H,3-6,10-12,20H2,1-2H3. The van der Waals surface area contributed by atoms with Crippen LogP contribution in [0.2, 0.25) is 5.02 Å². The average Bonchev–Trinajstić information content (AvgIpc) is 2.95. The molecule has 0 saturated heterocycles. The molecule has 118 valence electrons. The Morgan fingerprint density at radius 1 is 1.29 bits per heavy atom. The van der Waals surface area contributed by atoms with Gasteiger partial charge in [0.25, 0.3) is 0 Å². The minimum atomic E-state index is -0.245. The van der Waals surface area contributed by atoms with Crippen molar-refractivity contribution in [2.75, 3.05) is 13.1 Å². The molecule has 2 N–H and O–H groups in total. The van der Waals surface area contributed by atoms with Gasteiger partial charge in [-0.1, -0.05) is 44.4 Å². The second kappa shape index (κ2) is 7.08. The normalized spacial score (nSPS) is 19.1. The summed E-state index contributed by atoms with van der Waals surface area (Å²) in [5, 5.41) is 0.484. The van der Waals surface area contributed by atoms with Crippen LogP contribution in [0.15, 0.2) is 18.2 Å². The highest BCUT2D eigenvalue weighted by Gasteiger charge is 2.43. The van der Waals surface area contributed by atoms with Gasteiger partial charge in [-0.2, -0.15) is 0 Å². The fourth-order valence-corrected chi connectivity index (χ4v) is 4.14. The molecule has 1 aliphatic rings. The first-order valence-electron chi connectivity index (χ1n) is 7.98. The molecule has 0 bridgehead atoms. The first-order valence-corrected chi connectivity index (χ1v) is 8.36. The SMILES string of the molecule is CCN(CC)C1(C(N)Cc2c(F)cccc2Cl)CCCC1. The molecule has 1 aliphatic carbocycles. The van der Waals surface area contributed by atoms with E-state index in [0.29, 0.717) is 17.0 Å². The van der Waals surface area contributed by atoms with Crippen molar-refractivity contribution in [3.05, 3.63) is 34.6 Å². The quantitative estimate of drug-likeness (QED) is 0.860. The van der Waals surface area contributed by atoms with Gasteiger partial charge in [-0.3, -0.25) is 4.90 Å². The van der Waals surface area contributed by atoms with Crippen molar-refractivity contribution >= 4 is 11.6 Å². The number of hydrogen-bond acceptors (Lipinski definition) is 2. The van der Waals surface area contributed by atoms with Crippen LogP contribution in [-0.2, 0) is 6.42 Å². The molecule has 1 unspecified atom stereocenters. The summed E-state index contributed by atoms with van der Waals surface area (Å²) in [6.45, 7) is 6.31. The number of likely N-dealkylation sites (N-methyl/N-ethyl adjacent to an activating group) is 1. The van der Waals surface area contributed by atoms with Gasteiger partial charge in [-0.05, 0) is 44.5 Å². The summed E-state index contributed by atoms with van der Waals surface area (Å²) in [4.78, 5) is 2.46. The first-order chi connectivity index (χ1) is 10.0. The highest BCUT2D eigenvalue weighted by Crippen LogP contribution is 2.39. The van der Waals surface area contributed by atoms with Crippen molar-refractivity contribution in [1.82, 2.24) is 4.90 Å². The Hall–Kier alpha value is -0.640. The zero-order valence-electron chi connectivity index (χ0n) is 13.0. The average molecular weight is 313 g/mol. The highest BCUT2D eigenvalue weighted by molar-refractivity contribution is 6.31. The van der Waals surface area contributed by atoms with E-state index in [2.05, 4.69) is 18.7 Å². The fraction of sp³-hybridized carbons (Fsp3) is 0.647. The van der Waals surface area contributed by atoms with Gasteiger partial charge in [0.1, 0.15) is 5.82 Å². The van der Waals surface area contributed by atoms with Crippen LogP contribution in [-0.4, -0.2) is 29.6 Å². The van der Waals surface area contributed by atoms with Gasteiger partial charge in [-0.15, -0.1) is 0 Å². The molecule has 1 atom stereocenters. The van der Waals surface area contributed by atoms with E-state index in [1.165, 1.54) is 18.9 Å². The Morgan fingerprint density at radius 2 is 1.90 bits per heavy atom. The van der Waals surface area contributed by atoms with Crippen molar-refractivity contribution in [2.45, 2.75) is 57.5 Å². The van der Waals surface area contributed by atoms with Crippen LogP contribution in [0.5, 0.6) is 0 Å². The zero-order valence-corrected chi connectivity index (χ0v) is 13.8. The van der Waals surface area contributed by atoms with Crippen molar-refractivity contribution in [1.29, 1.82) is 0 Å². The molecule has 0 amide bonds. The zero-order chi connectivity index (χ0) is 15.5. The number of rotatable bonds is 6. The molecule has 1 fully saturated rings. The van der Waals surface area contributed by atoms with Gasteiger partial charge in [0.15, 0.2) is 0 Å². The van der Waals surface area contributed by atoms with E-state index < -0.39 is 0 Å². The first kappa shape index (κ1) is 16.7. The molecule has 0 aromatic heterocycles. The smallest absolute Gasteiger partial charge is 0.127 e. The van der Waals surface area contributed by atoms with E-state index in [4.69, 9.17) is 17.3 Å². The lowest BCUT2D eigenvalue weighted by Crippen LogP contribution is -2.59. The Balaban J connectivity index is 2.25. The van der Waals surface area contributed by atoms with Crippen LogP contribution in [0, 0.1) is 5.82 Å². The summed E-state index contributed by atoms with van der Waals surface area (Å²) in [6, 6.07) is 4.76. The second-order valence-electron chi connectivity index (χ2n) is 5.99. The molecule has 2 rings (SSSR count). The third-order valence-corrected chi connectivity index (χ3v) is 5.39. The molecule has 21 heavy (non-hydrogen) atoms. The largest absolute Gasteiger partial charge is 0.326 e. The summed E-state index contributed by atoms with van der Waals surface area (Å²) in [7, 11) is 0. The summed E-state index contributed by atoms with van der Waals surface area (Å²) < 4.78 is 14.0. The van der Waals surface area contributed by atoms with Crippen LogP contribution in [0.1, 0.15) is 45.1 Å². The Morgan fingerprint density at radius 3 is 2.43 bits per heavy atom. The van der Waals surface area contributed by atoms with Gasteiger partial charge in [-0.25, -0.2) is 4.39 Å². The number of nitrogens with two attached hydrogens (primary N) is 1. The van der Waals surface area contributed by atoms with Crippen LogP contribution in [0.25, 0.3) is 0 Å². The lowest BCUT2D eigenvalue weighted by molar-refractivity contribution is 0.0769. The number of halogens is 2. The summed E-state index contributed by atoms with van der Waals surface area (Å²) >= 11 is 6.16.